The standard InChI is InChI=1S/C15H27NO5/c1-3-4-5-6-7-8-9-13(17)16-12(15(19)20)10-11-14(18)21-2/h12H,3-11H2,1-2H3,(H,16,17)(H,19,20). The van der Waals surface area contributed by atoms with Crippen molar-refractivity contribution in [2.45, 2.75) is 70.8 Å². The third-order valence-corrected chi connectivity index (χ3v) is 3.26. The molecule has 0 aromatic heterocycles. The Balaban J connectivity index is 3.90. The summed E-state index contributed by atoms with van der Waals surface area (Å²) < 4.78 is 4.45. The molecule has 0 aromatic carbocycles. The van der Waals surface area contributed by atoms with Gasteiger partial charge in [0.05, 0.1) is 7.11 Å². The Labute approximate surface area is 126 Å². The first-order chi connectivity index (χ1) is 10.0. The van der Waals surface area contributed by atoms with Crippen LogP contribution in [0.25, 0.3) is 0 Å². The van der Waals surface area contributed by atoms with Crippen LogP contribution in [0.1, 0.15) is 64.7 Å². The van der Waals surface area contributed by atoms with Crippen LogP contribution in [0.4, 0.5) is 0 Å². The van der Waals surface area contributed by atoms with E-state index in [9.17, 15) is 14.4 Å². The van der Waals surface area contributed by atoms with Crippen molar-refractivity contribution >= 4 is 17.8 Å². The maximum absolute atomic E-state index is 11.7. The Bertz CT molecular complexity index is 330. The minimum Gasteiger partial charge on any atom is -0.480 e. The molecular formula is C15H27NO5. The highest BCUT2D eigenvalue weighted by Crippen LogP contribution is 2.07. The number of carboxylic acid groups (broad SMARTS) is 1. The maximum Gasteiger partial charge on any atom is 0.326 e. The molecule has 0 aromatic rings. The summed E-state index contributed by atoms with van der Waals surface area (Å²) in [5.41, 5.74) is 0. The molecule has 0 heterocycles. The van der Waals surface area contributed by atoms with Gasteiger partial charge in [-0.1, -0.05) is 39.0 Å². The summed E-state index contributed by atoms with van der Waals surface area (Å²) in [5.74, 6) is -1.88. The molecule has 0 bridgehead atoms. The Morgan fingerprint density at radius 3 is 2.24 bits per heavy atom. The molecule has 1 atom stereocenters. The molecule has 0 fully saturated rings. The molecular weight excluding hydrogens is 274 g/mol. The van der Waals surface area contributed by atoms with Crippen LogP contribution in [0.15, 0.2) is 0 Å². The molecule has 2 N–H and O–H groups in total. The fraction of sp³-hybridized carbons (Fsp3) is 0.800. The lowest BCUT2D eigenvalue weighted by Gasteiger charge is -2.13. The highest BCUT2D eigenvalue weighted by Gasteiger charge is 2.20. The van der Waals surface area contributed by atoms with Crippen molar-refractivity contribution in [3.8, 4) is 0 Å². The van der Waals surface area contributed by atoms with E-state index < -0.39 is 18.0 Å². The number of hydrogen-bond acceptors (Lipinski definition) is 4. The van der Waals surface area contributed by atoms with Crippen LogP contribution in [0.3, 0.4) is 0 Å². The maximum atomic E-state index is 11.7. The lowest BCUT2D eigenvalue weighted by atomic mass is 10.1. The van der Waals surface area contributed by atoms with E-state index in [1.807, 2.05) is 0 Å². The minimum atomic E-state index is -1.13. The number of rotatable bonds is 12. The fourth-order valence-corrected chi connectivity index (χ4v) is 1.95. The molecule has 0 saturated heterocycles. The number of amides is 1. The molecule has 1 amide bonds. The summed E-state index contributed by atoms with van der Waals surface area (Å²) in [4.78, 5) is 33.7. The molecule has 0 aliphatic rings. The number of carboxylic acids is 1. The number of esters is 1. The third kappa shape index (κ3) is 10.8. The normalized spacial score (nSPS) is 11.7. The van der Waals surface area contributed by atoms with Gasteiger partial charge in [-0.2, -0.15) is 0 Å². The van der Waals surface area contributed by atoms with Crippen molar-refractivity contribution in [1.82, 2.24) is 5.32 Å². The van der Waals surface area contributed by atoms with E-state index in [1.54, 1.807) is 0 Å². The molecule has 0 rings (SSSR count). The van der Waals surface area contributed by atoms with E-state index in [0.29, 0.717) is 6.42 Å². The Morgan fingerprint density at radius 1 is 1.05 bits per heavy atom. The Morgan fingerprint density at radius 2 is 1.67 bits per heavy atom. The number of carbonyl (C=O) groups is 3. The zero-order valence-electron chi connectivity index (χ0n) is 13.0. The summed E-state index contributed by atoms with van der Waals surface area (Å²) in [6.07, 6.45) is 6.76. The average molecular weight is 301 g/mol. The summed E-state index contributed by atoms with van der Waals surface area (Å²) in [6, 6.07) is -1.03. The fourth-order valence-electron chi connectivity index (χ4n) is 1.95. The van der Waals surface area contributed by atoms with Crippen molar-refractivity contribution in [3.05, 3.63) is 0 Å². The van der Waals surface area contributed by atoms with Gasteiger partial charge >= 0.3 is 11.9 Å². The minimum absolute atomic E-state index is 0.0231. The predicted molar refractivity (Wildman–Crippen MR) is 78.8 cm³/mol. The van der Waals surface area contributed by atoms with Crippen molar-refractivity contribution in [2.75, 3.05) is 7.11 Å². The van der Waals surface area contributed by atoms with E-state index in [1.165, 1.54) is 26.4 Å². The van der Waals surface area contributed by atoms with Gasteiger partial charge in [-0.3, -0.25) is 9.59 Å². The quantitative estimate of drug-likeness (QED) is 0.426. The number of aliphatic carboxylic acids is 1. The van der Waals surface area contributed by atoms with E-state index in [2.05, 4.69) is 17.0 Å². The summed E-state index contributed by atoms with van der Waals surface area (Å²) in [5, 5.41) is 11.5. The van der Waals surface area contributed by atoms with Gasteiger partial charge in [0.25, 0.3) is 0 Å². The molecule has 0 spiro atoms. The monoisotopic (exact) mass is 301 g/mol. The molecule has 0 saturated carbocycles. The van der Waals surface area contributed by atoms with E-state index in [-0.39, 0.29) is 18.7 Å². The molecule has 122 valence electrons. The number of nitrogens with one attached hydrogen (secondary N) is 1. The van der Waals surface area contributed by atoms with Gasteiger partial charge in [-0.05, 0) is 12.8 Å². The Hall–Kier alpha value is -1.59. The van der Waals surface area contributed by atoms with Crippen LogP contribution in [0.5, 0.6) is 0 Å². The lowest BCUT2D eigenvalue weighted by molar-refractivity contribution is -0.144. The van der Waals surface area contributed by atoms with Gasteiger partial charge in [0.1, 0.15) is 6.04 Å². The van der Waals surface area contributed by atoms with Crippen molar-refractivity contribution in [1.29, 1.82) is 0 Å². The number of methoxy groups -OCH3 is 1. The molecule has 0 aliphatic carbocycles. The summed E-state index contributed by atoms with van der Waals surface area (Å²) >= 11 is 0. The van der Waals surface area contributed by atoms with Crippen LogP contribution in [-0.4, -0.2) is 36.1 Å². The second-order valence-electron chi connectivity index (χ2n) is 5.09. The van der Waals surface area contributed by atoms with Crippen molar-refractivity contribution in [2.24, 2.45) is 0 Å². The third-order valence-electron chi connectivity index (χ3n) is 3.26. The van der Waals surface area contributed by atoms with Gasteiger partial charge < -0.3 is 15.2 Å². The average Bonchev–Trinajstić information content (AvgIpc) is 2.46. The lowest BCUT2D eigenvalue weighted by Crippen LogP contribution is -2.41. The highest BCUT2D eigenvalue weighted by atomic mass is 16.5. The number of hydrogen-bond donors (Lipinski definition) is 2. The van der Waals surface area contributed by atoms with Gasteiger partial charge in [-0.15, -0.1) is 0 Å². The largest absolute Gasteiger partial charge is 0.480 e. The Kier molecular flexibility index (Phi) is 11.3. The number of ether oxygens (including phenoxy) is 1. The van der Waals surface area contributed by atoms with E-state index in [4.69, 9.17) is 5.11 Å². The molecule has 0 radical (unpaired) electrons. The zero-order valence-corrected chi connectivity index (χ0v) is 13.0. The SMILES string of the molecule is CCCCCCCCC(=O)NC(CCC(=O)OC)C(=O)O. The first kappa shape index (κ1) is 19.4. The van der Waals surface area contributed by atoms with Gasteiger partial charge in [0.2, 0.25) is 5.91 Å². The second kappa shape index (κ2) is 12.2. The van der Waals surface area contributed by atoms with Crippen LogP contribution in [0.2, 0.25) is 0 Å². The number of carbonyl (C=O) groups excluding carboxylic acids is 2. The molecule has 6 nitrogen and oxygen atoms in total. The van der Waals surface area contributed by atoms with Crippen molar-refractivity contribution in [3.63, 3.8) is 0 Å². The van der Waals surface area contributed by atoms with Crippen molar-refractivity contribution < 1.29 is 24.2 Å². The summed E-state index contributed by atoms with van der Waals surface area (Å²) in [7, 11) is 1.25. The van der Waals surface area contributed by atoms with Crippen LogP contribution < -0.4 is 5.32 Å². The zero-order chi connectivity index (χ0) is 16.1. The second-order valence-corrected chi connectivity index (χ2v) is 5.09. The van der Waals surface area contributed by atoms with Gasteiger partial charge in [0.15, 0.2) is 0 Å². The molecule has 0 aliphatic heterocycles. The van der Waals surface area contributed by atoms with Gasteiger partial charge in [-0.25, -0.2) is 4.79 Å². The predicted octanol–water partition coefficient (Wildman–Crippen LogP) is 2.26. The first-order valence-corrected chi connectivity index (χ1v) is 7.60. The van der Waals surface area contributed by atoms with Crippen LogP contribution >= 0.6 is 0 Å². The van der Waals surface area contributed by atoms with Crippen LogP contribution in [-0.2, 0) is 19.1 Å². The van der Waals surface area contributed by atoms with E-state index in [0.717, 1.165) is 19.3 Å². The van der Waals surface area contributed by atoms with Crippen LogP contribution in [0, 0.1) is 0 Å². The first-order valence-electron chi connectivity index (χ1n) is 7.60. The highest BCUT2D eigenvalue weighted by molar-refractivity contribution is 5.83. The van der Waals surface area contributed by atoms with Gasteiger partial charge in [0, 0.05) is 12.8 Å². The molecule has 21 heavy (non-hydrogen) atoms. The van der Waals surface area contributed by atoms with E-state index >= 15 is 0 Å². The smallest absolute Gasteiger partial charge is 0.326 e. The topological polar surface area (TPSA) is 92.7 Å². The number of unbranched alkanes of at least 4 members (excludes halogenated alkanes) is 5. The molecule has 6 heteroatoms. The summed E-state index contributed by atoms with van der Waals surface area (Å²) in [6.45, 7) is 2.15. The molecule has 1 unspecified atom stereocenters.